The number of hydrogen-bond acceptors (Lipinski definition) is 6. The van der Waals surface area contributed by atoms with Crippen LogP contribution in [0.3, 0.4) is 0 Å². The molecule has 1 heterocycles. The molecule has 0 aliphatic carbocycles. The maximum atomic E-state index is 10.9. The van der Waals surface area contributed by atoms with E-state index in [2.05, 4.69) is 9.84 Å². The van der Waals surface area contributed by atoms with E-state index >= 15 is 0 Å². The van der Waals surface area contributed by atoms with Crippen LogP contribution in [0.4, 0.5) is 5.69 Å². The molecule has 88 valence electrons. The number of carbonyl (C=O) groups excluding carboxylic acids is 1. The minimum atomic E-state index is -0.619. The third-order valence-corrected chi connectivity index (χ3v) is 1.71. The fraction of sp³-hybridized carbons (Fsp3) is 0.500. The Kier molecular flexibility index (Phi) is 3.81. The van der Waals surface area contributed by atoms with Crippen LogP contribution in [0.5, 0.6) is 5.88 Å². The number of rotatable bonds is 5. The molecule has 1 aromatic heterocycles. The van der Waals surface area contributed by atoms with Crippen LogP contribution in [0, 0.1) is 10.1 Å². The predicted molar refractivity (Wildman–Crippen MR) is 52.1 cm³/mol. The number of hydrogen-bond donors (Lipinski definition) is 0. The molecule has 8 nitrogen and oxygen atoms in total. The second-order valence-corrected chi connectivity index (χ2v) is 2.78. The van der Waals surface area contributed by atoms with Gasteiger partial charge in [-0.05, 0) is 6.92 Å². The van der Waals surface area contributed by atoms with E-state index < -0.39 is 10.9 Å². The van der Waals surface area contributed by atoms with E-state index in [1.54, 1.807) is 6.92 Å². The maximum absolute atomic E-state index is 10.9. The van der Waals surface area contributed by atoms with Gasteiger partial charge in [-0.15, -0.1) is 5.10 Å². The minimum absolute atomic E-state index is 0.101. The molecular weight excluding hydrogens is 218 g/mol. The molecule has 0 fully saturated rings. The van der Waals surface area contributed by atoms with Gasteiger partial charge in [-0.1, -0.05) is 0 Å². The topological polar surface area (TPSA) is 96.5 Å². The Balaban J connectivity index is 2.92. The van der Waals surface area contributed by atoms with Crippen molar-refractivity contribution in [3.05, 3.63) is 16.3 Å². The van der Waals surface area contributed by atoms with Gasteiger partial charge in [0.15, 0.2) is 0 Å². The lowest BCUT2D eigenvalue weighted by molar-refractivity contribution is -0.385. The zero-order valence-electron chi connectivity index (χ0n) is 8.87. The normalized spacial score (nSPS) is 9.88. The summed E-state index contributed by atoms with van der Waals surface area (Å²) in [5, 5.41) is 14.4. The Labute approximate surface area is 90.9 Å². The van der Waals surface area contributed by atoms with Crippen LogP contribution in [0.25, 0.3) is 0 Å². The molecule has 16 heavy (non-hydrogen) atoms. The molecule has 0 bridgehead atoms. The molecule has 0 saturated heterocycles. The van der Waals surface area contributed by atoms with E-state index in [-0.39, 0.29) is 24.7 Å². The minimum Gasteiger partial charge on any atom is -0.472 e. The Morgan fingerprint density at radius 1 is 1.69 bits per heavy atom. The first kappa shape index (κ1) is 12.0. The van der Waals surface area contributed by atoms with E-state index in [9.17, 15) is 14.9 Å². The van der Waals surface area contributed by atoms with Crippen molar-refractivity contribution in [2.45, 2.75) is 13.5 Å². The molecular formula is C8H11N3O5. The number of esters is 1. The van der Waals surface area contributed by atoms with Crippen LogP contribution in [0.1, 0.15) is 6.92 Å². The summed E-state index contributed by atoms with van der Waals surface area (Å²) >= 11 is 0. The lowest BCUT2D eigenvalue weighted by Gasteiger charge is -1.98. The molecule has 0 radical (unpaired) electrons. The molecule has 0 aromatic carbocycles. The SMILES string of the molecule is CCOc1nn(CC(=O)OC)cc1[N+](=O)[O-]. The van der Waals surface area contributed by atoms with E-state index in [1.165, 1.54) is 7.11 Å². The van der Waals surface area contributed by atoms with Crippen molar-refractivity contribution >= 4 is 11.7 Å². The van der Waals surface area contributed by atoms with Gasteiger partial charge in [-0.25, -0.2) is 0 Å². The average molecular weight is 229 g/mol. The Hall–Kier alpha value is -2.12. The molecule has 0 amide bonds. The zero-order chi connectivity index (χ0) is 12.1. The second kappa shape index (κ2) is 5.10. The van der Waals surface area contributed by atoms with Crippen molar-refractivity contribution in [1.82, 2.24) is 9.78 Å². The van der Waals surface area contributed by atoms with Crippen LogP contribution < -0.4 is 4.74 Å². The number of nitro groups is 1. The maximum Gasteiger partial charge on any atom is 0.350 e. The van der Waals surface area contributed by atoms with Gasteiger partial charge in [0, 0.05) is 0 Å². The van der Waals surface area contributed by atoms with Gasteiger partial charge in [0.2, 0.25) is 0 Å². The first-order chi connectivity index (χ1) is 7.58. The highest BCUT2D eigenvalue weighted by atomic mass is 16.6. The summed E-state index contributed by atoms with van der Waals surface area (Å²) in [6.45, 7) is 1.75. The predicted octanol–water partition coefficient (Wildman–Crippen LogP) is 0.363. The van der Waals surface area contributed by atoms with Gasteiger partial charge in [-0.2, -0.15) is 0 Å². The number of carbonyl (C=O) groups is 1. The molecule has 8 heteroatoms. The monoisotopic (exact) mass is 229 g/mol. The van der Waals surface area contributed by atoms with Gasteiger partial charge >= 0.3 is 17.5 Å². The van der Waals surface area contributed by atoms with Gasteiger partial charge < -0.3 is 9.47 Å². The highest BCUT2D eigenvalue weighted by molar-refractivity contribution is 5.69. The van der Waals surface area contributed by atoms with Crippen LogP contribution in [-0.2, 0) is 16.1 Å². The van der Waals surface area contributed by atoms with Gasteiger partial charge in [-0.3, -0.25) is 19.6 Å². The van der Waals surface area contributed by atoms with Crippen LogP contribution in [0.15, 0.2) is 6.20 Å². The standard InChI is InChI=1S/C8H11N3O5/c1-3-16-8-6(11(13)14)4-10(9-8)5-7(12)15-2/h4H,3,5H2,1-2H3. The fourth-order valence-corrected chi connectivity index (χ4v) is 1.04. The summed E-state index contributed by atoms with van der Waals surface area (Å²) in [6.07, 6.45) is 1.13. The Bertz CT molecular complexity index is 400. The molecule has 0 saturated carbocycles. The molecule has 0 atom stereocenters. The lowest BCUT2D eigenvalue weighted by Crippen LogP contribution is -2.11. The number of aromatic nitrogens is 2. The zero-order valence-corrected chi connectivity index (χ0v) is 8.87. The average Bonchev–Trinajstić information content (AvgIpc) is 2.61. The molecule has 0 spiro atoms. The third kappa shape index (κ3) is 2.69. The largest absolute Gasteiger partial charge is 0.472 e. The summed E-state index contributed by atoms with van der Waals surface area (Å²) < 4.78 is 10.5. The molecule has 1 aromatic rings. The first-order valence-corrected chi connectivity index (χ1v) is 4.50. The number of methoxy groups -OCH3 is 1. The van der Waals surface area contributed by atoms with Gasteiger partial charge in [0.25, 0.3) is 0 Å². The van der Waals surface area contributed by atoms with Crippen molar-refractivity contribution in [2.75, 3.05) is 13.7 Å². The number of nitrogens with zero attached hydrogens (tertiary/aromatic N) is 3. The second-order valence-electron chi connectivity index (χ2n) is 2.78. The smallest absolute Gasteiger partial charge is 0.350 e. The highest BCUT2D eigenvalue weighted by Crippen LogP contribution is 2.24. The van der Waals surface area contributed by atoms with Crippen LogP contribution in [0.2, 0.25) is 0 Å². The Morgan fingerprint density at radius 3 is 2.88 bits per heavy atom. The number of ether oxygens (including phenoxy) is 2. The van der Waals surface area contributed by atoms with Gasteiger partial charge in [0.05, 0.1) is 18.6 Å². The third-order valence-electron chi connectivity index (χ3n) is 1.71. The van der Waals surface area contributed by atoms with Crippen molar-refractivity contribution in [3.63, 3.8) is 0 Å². The van der Waals surface area contributed by atoms with Crippen molar-refractivity contribution in [2.24, 2.45) is 0 Å². The summed E-state index contributed by atoms with van der Waals surface area (Å²) in [7, 11) is 1.23. The van der Waals surface area contributed by atoms with Crippen LogP contribution in [-0.4, -0.2) is 34.4 Å². The summed E-state index contributed by atoms with van der Waals surface area (Å²) in [5.41, 5.74) is -0.272. The fourth-order valence-electron chi connectivity index (χ4n) is 1.04. The first-order valence-electron chi connectivity index (χ1n) is 4.50. The van der Waals surface area contributed by atoms with E-state index in [0.717, 1.165) is 10.9 Å². The Morgan fingerprint density at radius 2 is 2.38 bits per heavy atom. The summed E-state index contributed by atoms with van der Waals surface area (Å²) in [6, 6.07) is 0. The van der Waals surface area contributed by atoms with Gasteiger partial charge in [0.1, 0.15) is 12.7 Å². The molecule has 0 N–H and O–H groups in total. The molecule has 0 aliphatic rings. The highest BCUT2D eigenvalue weighted by Gasteiger charge is 2.21. The van der Waals surface area contributed by atoms with Crippen LogP contribution >= 0.6 is 0 Å². The molecule has 0 unspecified atom stereocenters. The molecule has 0 aliphatic heterocycles. The van der Waals surface area contributed by atoms with Crippen molar-refractivity contribution in [1.29, 1.82) is 0 Å². The van der Waals surface area contributed by atoms with Crippen molar-refractivity contribution < 1.29 is 19.2 Å². The van der Waals surface area contributed by atoms with E-state index in [0.29, 0.717) is 0 Å². The molecule has 1 rings (SSSR count). The summed E-state index contributed by atoms with van der Waals surface area (Å²) in [4.78, 5) is 20.9. The van der Waals surface area contributed by atoms with E-state index in [4.69, 9.17) is 4.74 Å². The lowest BCUT2D eigenvalue weighted by atomic mass is 10.5. The van der Waals surface area contributed by atoms with E-state index in [1.807, 2.05) is 0 Å². The quantitative estimate of drug-likeness (QED) is 0.411. The summed E-state index contributed by atoms with van der Waals surface area (Å²) in [5.74, 6) is -0.642. The van der Waals surface area contributed by atoms with Crippen molar-refractivity contribution in [3.8, 4) is 5.88 Å².